The van der Waals surface area contributed by atoms with Gasteiger partial charge in [0.1, 0.15) is 0 Å². The summed E-state index contributed by atoms with van der Waals surface area (Å²) in [6.07, 6.45) is 6.89. The van der Waals surface area contributed by atoms with Crippen LogP contribution in [0.5, 0.6) is 0 Å². The zero-order valence-corrected chi connectivity index (χ0v) is 16.4. The topological polar surface area (TPSA) is 55.3 Å². The van der Waals surface area contributed by atoms with Gasteiger partial charge in [0.05, 0.1) is 0 Å². The van der Waals surface area contributed by atoms with Crippen LogP contribution in [-0.2, 0) is 12.8 Å². The molecular weight excluding hydrogens is 318 g/mol. The van der Waals surface area contributed by atoms with E-state index >= 15 is 0 Å². The summed E-state index contributed by atoms with van der Waals surface area (Å²) in [5, 5.41) is 0. The fraction of sp³-hybridized carbons (Fsp3) is 0.478. The van der Waals surface area contributed by atoms with Crippen LogP contribution in [0.3, 0.4) is 0 Å². The van der Waals surface area contributed by atoms with E-state index in [4.69, 9.17) is 11.5 Å². The Morgan fingerprint density at radius 3 is 1.85 bits per heavy atom. The molecule has 26 heavy (non-hydrogen) atoms. The minimum absolute atomic E-state index is 0.317. The molecule has 1 saturated carbocycles. The minimum atomic E-state index is 0.317. The predicted octanol–water partition coefficient (Wildman–Crippen LogP) is 3.62. The molecule has 0 saturated heterocycles. The molecule has 0 radical (unpaired) electrons. The van der Waals surface area contributed by atoms with Gasteiger partial charge in [0, 0.05) is 11.6 Å². The molecule has 0 amide bonds. The van der Waals surface area contributed by atoms with E-state index in [1.54, 1.807) is 0 Å². The van der Waals surface area contributed by atoms with Crippen molar-refractivity contribution < 1.29 is 0 Å². The van der Waals surface area contributed by atoms with Gasteiger partial charge in [0.2, 0.25) is 0 Å². The molecule has 0 unspecified atom stereocenters. The number of rotatable bonds is 5. The molecule has 4 N–H and O–H groups in total. The number of nitrogens with two attached hydrogens (primary N) is 2. The van der Waals surface area contributed by atoms with Gasteiger partial charge in [-0.05, 0) is 70.3 Å². The molecule has 3 nitrogen and oxygen atoms in total. The summed E-state index contributed by atoms with van der Waals surface area (Å²) < 4.78 is 0. The van der Waals surface area contributed by atoms with E-state index in [0.29, 0.717) is 11.6 Å². The van der Waals surface area contributed by atoms with Crippen molar-refractivity contribution in [3.63, 3.8) is 0 Å². The third-order valence-electron chi connectivity index (χ3n) is 5.56. The van der Waals surface area contributed by atoms with Crippen molar-refractivity contribution in [3.8, 4) is 0 Å². The number of likely N-dealkylation sites (N-methyl/N-ethyl adjacent to an activating group) is 1. The number of hydrogen-bond donors (Lipinski definition) is 2. The Hall–Kier alpha value is -1.68. The predicted molar refractivity (Wildman–Crippen MR) is 112 cm³/mol. The zero-order valence-electron chi connectivity index (χ0n) is 16.4. The third kappa shape index (κ3) is 6.24. The first-order valence-electron chi connectivity index (χ1n) is 9.77. The van der Waals surface area contributed by atoms with Crippen LogP contribution in [0.25, 0.3) is 0 Å². The monoisotopic (exact) mass is 353 g/mol. The van der Waals surface area contributed by atoms with Crippen LogP contribution < -0.4 is 11.5 Å². The summed E-state index contributed by atoms with van der Waals surface area (Å²) in [6, 6.07) is 21.5. The highest BCUT2D eigenvalue weighted by molar-refractivity contribution is 5.18. The highest BCUT2D eigenvalue weighted by atomic mass is 15.1. The molecule has 1 aliphatic rings. The van der Waals surface area contributed by atoms with E-state index < -0.39 is 0 Å². The molecule has 0 aromatic heterocycles. The first kappa shape index (κ1) is 20.6. The Balaban J connectivity index is 0.000000228. The van der Waals surface area contributed by atoms with Crippen LogP contribution in [-0.4, -0.2) is 37.1 Å². The lowest BCUT2D eigenvalue weighted by Crippen LogP contribution is -2.50. The minimum Gasteiger partial charge on any atom is -0.330 e. The number of hydrogen-bond acceptors (Lipinski definition) is 3. The van der Waals surface area contributed by atoms with E-state index in [1.807, 2.05) is 18.2 Å². The third-order valence-corrected chi connectivity index (χ3v) is 5.56. The van der Waals surface area contributed by atoms with Gasteiger partial charge in [-0.3, -0.25) is 0 Å². The van der Waals surface area contributed by atoms with E-state index in [2.05, 4.69) is 61.5 Å². The van der Waals surface area contributed by atoms with Crippen molar-refractivity contribution in [2.45, 2.75) is 50.1 Å². The van der Waals surface area contributed by atoms with Gasteiger partial charge in [0.15, 0.2) is 0 Å². The fourth-order valence-corrected chi connectivity index (χ4v) is 3.75. The molecule has 0 heterocycles. The first-order chi connectivity index (χ1) is 12.6. The maximum Gasteiger partial charge on any atom is 0.0244 e. The van der Waals surface area contributed by atoms with Crippen LogP contribution in [0.2, 0.25) is 0 Å². The molecule has 0 atom stereocenters. The lowest BCUT2D eigenvalue weighted by Gasteiger charge is -2.45. The second-order valence-corrected chi connectivity index (χ2v) is 7.64. The first-order valence-corrected chi connectivity index (χ1v) is 9.77. The SMILES string of the molecule is CN(C)C1(Cc2ccccc2)CCC(N)CC1.NCCc1ccccc1. The number of nitrogens with zero attached hydrogens (tertiary/aromatic N) is 1. The van der Waals surface area contributed by atoms with Crippen molar-refractivity contribution >= 4 is 0 Å². The Bertz CT molecular complexity index is 602. The van der Waals surface area contributed by atoms with E-state index in [9.17, 15) is 0 Å². The van der Waals surface area contributed by atoms with Gasteiger partial charge in [-0.2, -0.15) is 0 Å². The molecule has 1 aliphatic carbocycles. The largest absolute Gasteiger partial charge is 0.330 e. The van der Waals surface area contributed by atoms with Gasteiger partial charge in [-0.15, -0.1) is 0 Å². The quantitative estimate of drug-likeness (QED) is 0.863. The second-order valence-electron chi connectivity index (χ2n) is 7.64. The Kier molecular flexibility index (Phi) is 8.30. The summed E-state index contributed by atoms with van der Waals surface area (Å²) in [6.45, 7) is 0.740. The lowest BCUT2D eigenvalue weighted by molar-refractivity contribution is 0.0934. The molecule has 2 aromatic rings. The Labute approximate surface area is 159 Å². The van der Waals surface area contributed by atoms with Crippen molar-refractivity contribution in [3.05, 3.63) is 71.8 Å². The zero-order chi connectivity index (χ0) is 18.8. The van der Waals surface area contributed by atoms with Crippen molar-refractivity contribution in [2.75, 3.05) is 20.6 Å². The fourth-order valence-electron chi connectivity index (χ4n) is 3.75. The van der Waals surface area contributed by atoms with Gasteiger partial charge in [-0.1, -0.05) is 60.7 Å². The van der Waals surface area contributed by atoms with E-state index in [-0.39, 0.29) is 0 Å². The Morgan fingerprint density at radius 2 is 1.38 bits per heavy atom. The molecule has 0 spiro atoms. The second kappa shape index (κ2) is 10.5. The maximum atomic E-state index is 6.03. The molecule has 2 aromatic carbocycles. The van der Waals surface area contributed by atoms with Crippen LogP contribution in [0.4, 0.5) is 0 Å². The Morgan fingerprint density at radius 1 is 0.885 bits per heavy atom. The average molecular weight is 354 g/mol. The van der Waals surface area contributed by atoms with Crippen LogP contribution in [0.1, 0.15) is 36.8 Å². The maximum absolute atomic E-state index is 6.03. The summed E-state index contributed by atoms with van der Waals surface area (Å²) in [5.74, 6) is 0. The molecular formula is C23H35N3. The molecule has 3 rings (SSSR count). The standard InChI is InChI=1S/C15H24N2.C8H11N/c1-17(2)15(10-8-14(16)9-11-15)12-13-6-4-3-5-7-13;9-7-6-8-4-2-1-3-5-8/h3-7,14H,8-12,16H2,1-2H3;1-5H,6-7,9H2. The van der Waals surface area contributed by atoms with Gasteiger partial charge >= 0.3 is 0 Å². The van der Waals surface area contributed by atoms with Gasteiger partial charge in [0.25, 0.3) is 0 Å². The summed E-state index contributed by atoms with van der Waals surface area (Å²) in [5.41, 5.74) is 14.5. The van der Waals surface area contributed by atoms with E-state index in [0.717, 1.165) is 32.2 Å². The lowest BCUT2D eigenvalue weighted by atomic mass is 9.75. The number of benzene rings is 2. The van der Waals surface area contributed by atoms with Crippen LogP contribution in [0, 0.1) is 0 Å². The smallest absolute Gasteiger partial charge is 0.0244 e. The summed E-state index contributed by atoms with van der Waals surface area (Å²) >= 11 is 0. The molecule has 0 aliphatic heterocycles. The van der Waals surface area contributed by atoms with Crippen molar-refractivity contribution in [2.24, 2.45) is 11.5 Å². The van der Waals surface area contributed by atoms with E-state index in [1.165, 1.54) is 24.0 Å². The van der Waals surface area contributed by atoms with Crippen LogP contribution >= 0.6 is 0 Å². The molecule has 142 valence electrons. The van der Waals surface area contributed by atoms with Crippen molar-refractivity contribution in [1.29, 1.82) is 0 Å². The highest BCUT2D eigenvalue weighted by Gasteiger charge is 2.36. The summed E-state index contributed by atoms with van der Waals surface area (Å²) in [4.78, 5) is 2.41. The van der Waals surface area contributed by atoms with Gasteiger partial charge in [-0.25, -0.2) is 0 Å². The van der Waals surface area contributed by atoms with Crippen molar-refractivity contribution in [1.82, 2.24) is 4.90 Å². The van der Waals surface area contributed by atoms with Crippen LogP contribution in [0.15, 0.2) is 60.7 Å². The normalized spacial score (nSPS) is 22.6. The molecule has 1 fully saturated rings. The van der Waals surface area contributed by atoms with Gasteiger partial charge < -0.3 is 16.4 Å². The molecule has 3 heteroatoms. The molecule has 0 bridgehead atoms. The highest BCUT2D eigenvalue weighted by Crippen LogP contribution is 2.34. The average Bonchev–Trinajstić information content (AvgIpc) is 2.66. The summed E-state index contributed by atoms with van der Waals surface area (Å²) in [7, 11) is 4.42.